The fraction of sp³-hybridized carbons (Fsp3) is 0.481. The number of ether oxygens (including phenoxy) is 4. The van der Waals surface area contributed by atoms with Crippen molar-refractivity contribution in [1.82, 2.24) is 4.90 Å². The number of anilines is 2. The molecule has 2 aromatic carbocycles. The third-order valence-electron chi connectivity index (χ3n) is 5.61. The molecule has 0 aliphatic carbocycles. The minimum atomic E-state index is -0.577. The van der Waals surface area contributed by atoms with Gasteiger partial charge in [-0.3, -0.25) is 4.79 Å². The van der Waals surface area contributed by atoms with Gasteiger partial charge in [-0.25, -0.2) is 9.18 Å². The second kappa shape index (κ2) is 13.6. The zero-order valence-corrected chi connectivity index (χ0v) is 23.0. The smallest absolute Gasteiger partial charge is 0.410 e. The van der Waals surface area contributed by atoms with Crippen molar-refractivity contribution in [2.45, 2.75) is 32.8 Å². The Hall–Kier alpha value is -3.08. The van der Waals surface area contributed by atoms with Crippen LogP contribution in [-0.4, -0.2) is 75.8 Å². The predicted octanol–water partition coefficient (Wildman–Crippen LogP) is 5.18. The number of benzene rings is 2. The lowest BCUT2D eigenvalue weighted by Gasteiger charge is -2.27. The van der Waals surface area contributed by atoms with Gasteiger partial charge in [0.05, 0.1) is 24.5 Å². The highest BCUT2D eigenvalue weighted by Crippen LogP contribution is 2.27. The Balaban J connectivity index is 1.63. The molecule has 3 rings (SSSR count). The molecule has 208 valence electrons. The number of halogens is 2. The quantitative estimate of drug-likeness (QED) is 0.339. The van der Waals surface area contributed by atoms with Gasteiger partial charge in [0.25, 0.3) is 5.91 Å². The number of hydrogen-bond donors (Lipinski definition) is 1. The summed E-state index contributed by atoms with van der Waals surface area (Å²) < 4.78 is 36.4. The molecule has 0 bridgehead atoms. The first-order valence-electron chi connectivity index (χ1n) is 12.4. The molecule has 1 aliphatic rings. The molecule has 38 heavy (non-hydrogen) atoms. The third kappa shape index (κ3) is 8.75. The summed E-state index contributed by atoms with van der Waals surface area (Å²) >= 11 is 6.07. The van der Waals surface area contributed by atoms with E-state index in [4.69, 9.17) is 30.5 Å². The highest BCUT2D eigenvalue weighted by molar-refractivity contribution is 6.31. The van der Waals surface area contributed by atoms with Crippen LogP contribution in [-0.2, 0) is 14.2 Å². The van der Waals surface area contributed by atoms with Gasteiger partial charge >= 0.3 is 6.09 Å². The molecule has 2 aromatic rings. The molecule has 1 saturated heterocycles. The van der Waals surface area contributed by atoms with Gasteiger partial charge < -0.3 is 34.1 Å². The number of nitrogens with one attached hydrogen (secondary N) is 1. The molecule has 0 saturated carbocycles. The van der Waals surface area contributed by atoms with Gasteiger partial charge in [0, 0.05) is 44.0 Å². The zero-order valence-electron chi connectivity index (χ0n) is 22.2. The first-order chi connectivity index (χ1) is 18.1. The van der Waals surface area contributed by atoms with Gasteiger partial charge in [0.15, 0.2) is 6.79 Å². The Morgan fingerprint density at radius 3 is 2.55 bits per heavy atom. The van der Waals surface area contributed by atoms with E-state index < -0.39 is 17.3 Å². The van der Waals surface area contributed by atoms with Crippen molar-refractivity contribution in [3.63, 3.8) is 0 Å². The van der Waals surface area contributed by atoms with Gasteiger partial charge in [0.1, 0.15) is 17.2 Å². The molecule has 2 amide bonds. The Kier molecular flexibility index (Phi) is 10.6. The number of hydrogen-bond acceptors (Lipinski definition) is 7. The maximum atomic E-state index is 15.1. The second-order valence-electron chi connectivity index (χ2n) is 9.73. The fourth-order valence-corrected chi connectivity index (χ4v) is 3.98. The predicted molar refractivity (Wildman–Crippen MR) is 144 cm³/mol. The van der Waals surface area contributed by atoms with Crippen LogP contribution in [0, 0.1) is 5.82 Å². The Morgan fingerprint density at radius 2 is 1.84 bits per heavy atom. The van der Waals surface area contributed by atoms with Crippen molar-refractivity contribution in [1.29, 1.82) is 0 Å². The average molecular weight is 552 g/mol. The summed E-state index contributed by atoms with van der Waals surface area (Å²) in [4.78, 5) is 28.9. The minimum absolute atomic E-state index is 0.0888. The zero-order chi connectivity index (χ0) is 27.7. The van der Waals surface area contributed by atoms with E-state index in [1.165, 1.54) is 18.2 Å². The number of nitrogens with zero attached hydrogens (tertiary/aromatic N) is 2. The lowest BCUT2D eigenvalue weighted by atomic mass is 10.1. The van der Waals surface area contributed by atoms with Crippen LogP contribution in [0.1, 0.15) is 37.6 Å². The topological polar surface area (TPSA) is 89.6 Å². The van der Waals surface area contributed by atoms with Crippen molar-refractivity contribution in [3.05, 3.63) is 52.8 Å². The lowest BCUT2D eigenvalue weighted by Crippen LogP contribution is -2.39. The summed E-state index contributed by atoms with van der Waals surface area (Å²) in [5.41, 5.74) is 0.340. The van der Waals surface area contributed by atoms with E-state index in [-0.39, 0.29) is 24.2 Å². The fourth-order valence-electron chi connectivity index (χ4n) is 3.82. The van der Waals surface area contributed by atoms with E-state index in [1.807, 2.05) is 25.7 Å². The molecule has 9 nitrogen and oxygen atoms in total. The van der Waals surface area contributed by atoms with Gasteiger partial charge in [-0.1, -0.05) is 11.6 Å². The largest absolute Gasteiger partial charge is 0.467 e. The molecule has 0 aromatic heterocycles. The molecule has 0 spiro atoms. The highest BCUT2D eigenvalue weighted by atomic mass is 35.5. The van der Waals surface area contributed by atoms with Crippen LogP contribution < -0.4 is 15.0 Å². The molecule has 11 heteroatoms. The van der Waals surface area contributed by atoms with Gasteiger partial charge in [-0.05, 0) is 63.6 Å². The van der Waals surface area contributed by atoms with Crippen LogP contribution in [0.15, 0.2) is 36.4 Å². The van der Waals surface area contributed by atoms with E-state index in [0.717, 1.165) is 0 Å². The standard InChI is InChI=1S/C27H35ClFN3O6/c1-27(2,3)38-26(34)32-11-5-10-31(12-13-32)23-9-7-20(17-22(23)29)30-25(33)21-8-6-19(28)16-24(21)37-18-36-15-14-35-4/h6-9,16-17H,5,10-15,18H2,1-4H3,(H,30,33). The van der Waals surface area contributed by atoms with Gasteiger partial charge in [-0.15, -0.1) is 0 Å². The number of rotatable bonds is 9. The van der Waals surface area contributed by atoms with E-state index in [0.29, 0.717) is 62.2 Å². The summed E-state index contributed by atoms with van der Waals surface area (Å²) in [6.07, 6.45) is 0.302. The maximum absolute atomic E-state index is 15.1. The van der Waals surface area contributed by atoms with Gasteiger partial charge in [-0.2, -0.15) is 0 Å². The maximum Gasteiger partial charge on any atom is 0.410 e. The summed E-state index contributed by atoms with van der Waals surface area (Å²) in [7, 11) is 1.56. The second-order valence-corrected chi connectivity index (χ2v) is 10.2. The molecule has 0 radical (unpaired) electrons. The molecule has 0 atom stereocenters. The normalized spacial score (nSPS) is 14.2. The van der Waals surface area contributed by atoms with Crippen LogP contribution in [0.25, 0.3) is 0 Å². The van der Waals surface area contributed by atoms with Crippen molar-refractivity contribution in [2.75, 3.05) is 63.5 Å². The van der Waals surface area contributed by atoms with Crippen LogP contribution >= 0.6 is 11.6 Å². The summed E-state index contributed by atoms with van der Waals surface area (Å²) in [6.45, 7) is 8.12. The highest BCUT2D eigenvalue weighted by Gasteiger charge is 2.25. The van der Waals surface area contributed by atoms with Crippen molar-refractivity contribution in [2.24, 2.45) is 0 Å². The number of carbonyl (C=O) groups is 2. The molecular weight excluding hydrogens is 517 g/mol. The lowest BCUT2D eigenvalue weighted by molar-refractivity contribution is -0.00872. The van der Waals surface area contributed by atoms with E-state index >= 15 is 4.39 Å². The molecule has 0 unspecified atom stereocenters. The van der Waals surface area contributed by atoms with Crippen molar-refractivity contribution in [3.8, 4) is 5.75 Å². The Morgan fingerprint density at radius 1 is 1.05 bits per heavy atom. The molecule has 1 aliphatic heterocycles. The first-order valence-corrected chi connectivity index (χ1v) is 12.8. The Labute approximate surface area is 227 Å². The summed E-state index contributed by atoms with van der Waals surface area (Å²) in [6, 6.07) is 9.14. The van der Waals surface area contributed by atoms with Crippen molar-refractivity contribution < 1.29 is 32.9 Å². The minimum Gasteiger partial charge on any atom is -0.467 e. The van der Waals surface area contributed by atoms with Crippen LogP contribution in [0.5, 0.6) is 5.75 Å². The molecule has 1 N–H and O–H groups in total. The number of amides is 2. The molecule has 1 fully saturated rings. The monoisotopic (exact) mass is 551 g/mol. The SMILES string of the molecule is COCCOCOc1cc(Cl)ccc1C(=O)Nc1ccc(N2CCCN(C(=O)OC(C)(C)C)CC2)c(F)c1. The third-order valence-corrected chi connectivity index (χ3v) is 5.85. The number of carbonyl (C=O) groups excluding carboxylic acids is 2. The van der Waals surface area contributed by atoms with Gasteiger partial charge in [0.2, 0.25) is 0 Å². The number of methoxy groups -OCH3 is 1. The van der Waals surface area contributed by atoms with E-state index in [1.54, 1.807) is 30.2 Å². The summed E-state index contributed by atoms with van der Waals surface area (Å²) in [5.74, 6) is -0.722. The summed E-state index contributed by atoms with van der Waals surface area (Å²) in [5, 5.41) is 3.10. The molecule has 1 heterocycles. The van der Waals surface area contributed by atoms with E-state index in [2.05, 4.69) is 5.32 Å². The van der Waals surface area contributed by atoms with Crippen LogP contribution in [0.2, 0.25) is 5.02 Å². The first kappa shape index (κ1) is 29.5. The Bertz CT molecular complexity index is 1110. The van der Waals surface area contributed by atoms with Crippen molar-refractivity contribution >= 4 is 35.0 Å². The van der Waals surface area contributed by atoms with E-state index in [9.17, 15) is 9.59 Å². The van der Waals surface area contributed by atoms with Crippen LogP contribution in [0.3, 0.4) is 0 Å². The average Bonchev–Trinajstić information content (AvgIpc) is 3.09. The van der Waals surface area contributed by atoms with Crippen LogP contribution in [0.4, 0.5) is 20.6 Å². The molecular formula is C27H35ClFN3O6.